The number of nitrogens with one attached hydrogen (secondary N) is 1. The van der Waals surface area contributed by atoms with Crippen LogP contribution in [-0.4, -0.2) is 29.5 Å². The van der Waals surface area contributed by atoms with Crippen LogP contribution in [0.1, 0.15) is 18.5 Å². The minimum Gasteiger partial charge on any atom is -0.469 e. The van der Waals surface area contributed by atoms with Gasteiger partial charge in [0.2, 0.25) is 0 Å². The van der Waals surface area contributed by atoms with Gasteiger partial charge in [0.15, 0.2) is 0 Å². The summed E-state index contributed by atoms with van der Waals surface area (Å²) in [6.07, 6.45) is 2.42. The first kappa shape index (κ1) is 8.50. The molecular formula is C8H13N3O2. The Morgan fingerprint density at radius 1 is 1.54 bits per heavy atom. The van der Waals surface area contributed by atoms with E-state index < -0.39 is 0 Å². The van der Waals surface area contributed by atoms with Gasteiger partial charge in [-0.25, -0.2) is 4.63 Å². The lowest BCUT2D eigenvalue weighted by Gasteiger charge is -2.22. The maximum atomic E-state index is 5.60. The maximum Gasteiger partial charge on any atom is 0.279 e. The molecule has 13 heavy (non-hydrogen) atoms. The van der Waals surface area contributed by atoms with Gasteiger partial charge in [-0.2, -0.15) is 0 Å². The summed E-state index contributed by atoms with van der Waals surface area (Å²) in [5.41, 5.74) is 0.713. The zero-order valence-corrected chi connectivity index (χ0v) is 7.62. The largest absolute Gasteiger partial charge is 0.469 e. The highest BCUT2D eigenvalue weighted by atomic mass is 16.6. The molecule has 1 aromatic rings. The number of aromatic nitrogens is 2. The molecule has 1 aliphatic rings. The van der Waals surface area contributed by atoms with Crippen LogP contribution in [0.25, 0.3) is 0 Å². The van der Waals surface area contributed by atoms with Crippen molar-refractivity contribution >= 4 is 0 Å². The van der Waals surface area contributed by atoms with Gasteiger partial charge in [0.05, 0.1) is 0 Å². The van der Waals surface area contributed by atoms with Gasteiger partial charge in [0.25, 0.3) is 5.88 Å². The summed E-state index contributed by atoms with van der Waals surface area (Å²) in [4.78, 5) is 0. The van der Waals surface area contributed by atoms with Gasteiger partial charge in [0.1, 0.15) is 11.8 Å². The predicted octanol–water partition coefficient (Wildman–Crippen LogP) is 0.509. The van der Waals surface area contributed by atoms with Gasteiger partial charge in [-0.15, -0.1) is 0 Å². The molecular weight excluding hydrogens is 170 g/mol. The molecule has 72 valence electrons. The number of nitrogens with zero attached hydrogens (tertiary/aromatic N) is 2. The number of aryl methyl sites for hydroxylation is 1. The van der Waals surface area contributed by atoms with Crippen molar-refractivity contribution in [2.75, 3.05) is 13.1 Å². The second-order valence-electron chi connectivity index (χ2n) is 3.24. The third-order valence-corrected chi connectivity index (χ3v) is 2.14. The Bertz CT molecular complexity index is 268. The van der Waals surface area contributed by atoms with Crippen molar-refractivity contribution in [3.8, 4) is 5.88 Å². The summed E-state index contributed by atoms with van der Waals surface area (Å²) >= 11 is 0. The number of hydrogen-bond acceptors (Lipinski definition) is 5. The van der Waals surface area contributed by atoms with Crippen molar-refractivity contribution in [2.45, 2.75) is 25.9 Å². The molecule has 1 aromatic heterocycles. The highest BCUT2D eigenvalue weighted by Gasteiger charge is 2.17. The van der Waals surface area contributed by atoms with Crippen LogP contribution in [-0.2, 0) is 0 Å². The Labute approximate surface area is 76.4 Å². The first-order valence-corrected chi connectivity index (χ1v) is 4.53. The monoisotopic (exact) mass is 183 g/mol. The number of hydrogen-bond donors (Lipinski definition) is 1. The SMILES string of the molecule is Cc1nonc1OC1CCCNC1. The summed E-state index contributed by atoms with van der Waals surface area (Å²) in [6.45, 7) is 3.78. The molecule has 1 N–H and O–H groups in total. The van der Waals surface area contributed by atoms with E-state index in [0.717, 1.165) is 25.9 Å². The zero-order chi connectivity index (χ0) is 9.10. The molecule has 1 aliphatic heterocycles. The van der Waals surface area contributed by atoms with Crippen molar-refractivity contribution in [1.82, 2.24) is 15.6 Å². The molecule has 2 rings (SSSR count). The van der Waals surface area contributed by atoms with E-state index in [1.165, 1.54) is 0 Å². The van der Waals surface area contributed by atoms with Crippen LogP contribution in [0, 0.1) is 6.92 Å². The van der Waals surface area contributed by atoms with E-state index >= 15 is 0 Å². The van der Waals surface area contributed by atoms with Gasteiger partial charge in [0, 0.05) is 6.54 Å². The number of ether oxygens (including phenoxy) is 1. The molecule has 5 heteroatoms. The Balaban J connectivity index is 1.93. The molecule has 1 atom stereocenters. The van der Waals surface area contributed by atoms with Gasteiger partial charge in [-0.1, -0.05) is 5.16 Å². The van der Waals surface area contributed by atoms with Crippen LogP contribution in [0.4, 0.5) is 0 Å². The van der Waals surface area contributed by atoms with E-state index in [1.54, 1.807) is 0 Å². The molecule has 0 spiro atoms. The van der Waals surface area contributed by atoms with Crippen molar-refractivity contribution in [3.63, 3.8) is 0 Å². The van der Waals surface area contributed by atoms with E-state index in [0.29, 0.717) is 11.6 Å². The number of rotatable bonds is 2. The summed E-state index contributed by atoms with van der Waals surface area (Å²) in [5.74, 6) is 0.522. The molecule has 1 fully saturated rings. The lowest BCUT2D eigenvalue weighted by Crippen LogP contribution is -2.37. The van der Waals surface area contributed by atoms with Crippen LogP contribution in [0.3, 0.4) is 0 Å². The smallest absolute Gasteiger partial charge is 0.279 e. The van der Waals surface area contributed by atoms with Crippen LogP contribution >= 0.6 is 0 Å². The molecule has 1 saturated heterocycles. The molecule has 0 saturated carbocycles. The minimum absolute atomic E-state index is 0.208. The lowest BCUT2D eigenvalue weighted by molar-refractivity contribution is 0.150. The summed E-state index contributed by atoms with van der Waals surface area (Å²) < 4.78 is 10.1. The van der Waals surface area contributed by atoms with Gasteiger partial charge in [-0.3, -0.25) is 0 Å². The first-order valence-electron chi connectivity index (χ1n) is 4.53. The van der Waals surface area contributed by atoms with E-state index in [2.05, 4.69) is 20.3 Å². The third-order valence-electron chi connectivity index (χ3n) is 2.14. The molecule has 1 unspecified atom stereocenters. The van der Waals surface area contributed by atoms with Gasteiger partial charge >= 0.3 is 0 Å². The fourth-order valence-electron chi connectivity index (χ4n) is 1.41. The van der Waals surface area contributed by atoms with Crippen molar-refractivity contribution < 1.29 is 9.37 Å². The average molecular weight is 183 g/mol. The third kappa shape index (κ3) is 1.98. The fourth-order valence-corrected chi connectivity index (χ4v) is 1.41. The minimum atomic E-state index is 0.208. The Kier molecular flexibility index (Phi) is 2.44. The molecule has 0 radical (unpaired) electrons. The van der Waals surface area contributed by atoms with E-state index in [4.69, 9.17) is 4.74 Å². The predicted molar refractivity (Wildman–Crippen MR) is 45.6 cm³/mol. The zero-order valence-electron chi connectivity index (χ0n) is 7.62. The normalized spacial score (nSPS) is 23.0. The van der Waals surface area contributed by atoms with Gasteiger partial charge in [-0.05, 0) is 31.5 Å². The highest BCUT2D eigenvalue weighted by Crippen LogP contribution is 2.15. The molecule has 0 amide bonds. The van der Waals surface area contributed by atoms with Gasteiger partial charge < -0.3 is 10.1 Å². The second-order valence-corrected chi connectivity index (χ2v) is 3.24. The summed E-state index contributed by atoms with van der Waals surface area (Å²) in [7, 11) is 0. The quantitative estimate of drug-likeness (QED) is 0.723. The molecule has 5 nitrogen and oxygen atoms in total. The van der Waals surface area contributed by atoms with Crippen LogP contribution in [0.5, 0.6) is 5.88 Å². The topological polar surface area (TPSA) is 60.2 Å². The Morgan fingerprint density at radius 2 is 2.46 bits per heavy atom. The fraction of sp³-hybridized carbons (Fsp3) is 0.750. The van der Waals surface area contributed by atoms with Crippen LogP contribution < -0.4 is 10.1 Å². The molecule has 2 heterocycles. The summed E-state index contributed by atoms with van der Waals surface area (Å²) in [5, 5.41) is 10.6. The van der Waals surface area contributed by atoms with Crippen LogP contribution in [0.15, 0.2) is 4.63 Å². The highest BCUT2D eigenvalue weighted by molar-refractivity contribution is 5.12. The molecule has 0 aromatic carbocycles. The number of piperidine rings is 1. The molecule has 0 bridgehead atoms. The van der Waals surface area contributed by atoms with Crippen molar-refractivity contribution in [1.29, 1.82) is 0 Å². The average Bonchev–Trinajstić information content (AvgIpc) is 2.54. The summed E-state index contributed by atoms with van der Waals surface area (Å²) in [6, 6.07) is 0. The van der Waals surface area contributed by atoms with Crippen LogP contribution in [0.2, 0.25) is 0 Å². The van der Waals surface area contributed by atoms with E-state index in [-0.39, 0.29) is 6.10 Å². The van der Waals surface area contributed by atoms with E-state index in [1.807, 2.05) is 6.92 Å². The second kappa shape index (κ2) is 3.74. The Hall–Kier alpha value is -1.10. The van der Waals surface area contributed by atoms with Crippen molar-refractivity contribution in [2.24, 2.45) is 0 Å². The lowest BCUT2D eigenvalue weighted by atomic mass is 10.1. The molecule has 0 aliphatic carbocycles. The van der Waals surface area contributed by atoms with Crippen molar-refractivity contribution in [3.05, 3.63) is 5.69 Å². The standard InChI is InChI=1S/C8H13N3O2/c1-6-8(11-13-10-6)12-7-3-2-4-9-5-7/h7,9H,2-5H2,1H3. The first-order chi connectivity index (χ1) is 6.36. The maximum absolute atomic E-state index is 5.60. The van der Waals surface area contributed by atoms with E-state index in [9.17, 15) is 0 Å². The Morgan fingerprint density at radius 3 is 3.08 bits per heavy atom.